The largest absolute Gasteiger partial charge is 0.497 e. The van der Waals surface area contributed by atoms with Crippen molar-refractivity contribution >= 4 is 11.7 Å². The lowest BCUT2D eigenvalue weighted by Gasteiger charge is -2.08. The lowest BCUT2D eigenvalue weighted by Crippen LogP contribution is -2.32. The highest BCUT2D eigenvalue weighted by molar-refractivity contribution is 6.42. The highest BCUT2D eigenvalue weighted by atomic mass is 16.5. The maximum absolute atomic E-state index is 12.1. The van der Waals surface area contributed by atoms with Crippen molar-refractivity contribution in [2.45, 2.75) is 6.42 Å². The summed E-state index contributed by atoms with van der Waals surface area (Å²) in [7, 11) is 1.55. The quantitative estimate of drug-likeness (QED) is 0.477. The molecule has 0 aliphatic carbocycles. The van der Waals surface area contributed by atoms with E-state index in [-0.39, 0.29) is 0 Å². The number of carbonyl (C=O) groups excluding carboxylic acids is 2. The number of Topliss-reactive ketones (excluding diaryl/α,β-unsaturated/α-hetero) is 1. The molecule has 0 spiro atoms. The van der Waals surface area contributed by atoms with Crippen molar-refractivity contribution in [2.75, 3.05) is 13.7 Å². The lowest BCUT2D eigenvalue weighted by molar-refractivity contribution is -0.116. The van der Waals surface area contributed by atoms with Gasteiger partial charge in [0.1, 0.15) is 17.2 Å². The molecule has 5 nitrogen and oxygen atoms in total. The third kappa shape index (κ3) is 5.20. The number of benzene rings is 3. The third-order valence-electron chi connectivity index (χ3n) is 4.16. The summed E-state index contributed by atoms with van der Waals surface area (Å²) in [4.78, 5) is 24.2. The van der Waals surface area contributed by atoms with Gasteiger partial charge in [0.05, 0.1) is 7.11 Å². The molecule has 0 bridgehead atoms. The molecule has 0 aliphatic rings. The van der Waals surface area contributed by atoms with Crippen LogP contribution in [0.15, 0.2) is 78.9 Å². The van der Waals surface area contributed by atoms with Crippen LogP contribution in [0.2, 0.25) is 0 Å². The standard InChI is InChI=1S/C23H21NO4/c1-27-19-13-9-18(10-14-19)22(25)23(26)24-16-15-17-7-11-21(12-8-17)28-20-5-3-2-4-6-20/h2-14H,15-16H2,1H3,(H,24,26). The Morgan fingerprint density at radius 3 is 2.04 bits per heavy atom. The number of ketones is 1. The highest BCUT2D eigenvalue weighted by Gasteiger charge is 2.15. The zero-order chi connectivity index (χ0) is 19.8. The van der Waals surface area contributed by atoms with Crippen LogP contribution >= 0.6 is 0 Å². The Morgan fingerprint density at radius 1 is 0.786 bits per heavy atom. The van der Waals surface area contributed by atoms with Crippen LogP contribution in [0.25, 0.3) is 0 Å². The zero-order valence-electron chi connectivity index (χ0n) is 15.6. The number of hydrogen-bond donors (Lipinski definition) is 1. The van der Waals surface area contributed by atoms with Gasteiger partial charge in [-0.1, -0.05) is 30.3 Å². The lowest BCUT2D eigenvalue weighted by atomic mass is 10.1. The van der Waals surface area contributed by atoms with E-state index in [1.54, 1.807) is 31.4 Å². The number of para-hydroxylation sites is 1. The van der Waals surface area contributed by atoms with Gasteiger partial charge in [-0.2, -0.15) is 0 Å². The molecule has 0 aliphatic heterocycles. The van der Waals surface area contributed by atoms with E-state index < -0.39 is 11.7 Å². The van der Waals surface area contributed by atoms with E-state index in [4.69, 9.17) is 9.47 Å². The molecule has 0 heterocycles. The Bertz CT molecular complexity index is 919. The van der Waals surface area contributed by atoms with Crippen LogP contribution in [0.5, 0.6) is 17.2 Å². The monoisotopic (exact) mass is 375 g/mol. The number of amides is 1. The molecule has 3 aromatic carbocycles. The van der Waals surface area contributed by atoms with Crippen LogP contribution < -0.4 is 14.8 Å². The van der Waals surface area contributed by atoms with E-state index in [0.29, 0.717) is 24.3 Å². The van der Waals surface area contributed by atoms with Crippen LogP contribution in [-0.2, 0) is 11.2 Å². The van der Waals surface area contributed by atoms with E-state index in [9.17, 15) is 9.59 Å². The van der Waals surface area contributed by atoms with Gasteiger partial charge < -0.3 is 14.8 Å². The number of nitrogens with one attached hydrogen (secondary N) is 1. The van der Waals surface area contributed by atoms with Crippen LogP contribution in [0.4, 0.5) is 0 Å². The summed E-state index contributed by atoms with van der Waals surface area (Å²) in [6, 6.07) is 23.7. The summed E-state index contributed by atoms with van der Waals surface area (Å²) in [5, 5.41) is 2.66. The maximum Gasteiger partial charge on any atom is 0.292 e. The summed E-state index contributed by atoms with van der Waals surface area (Å²) >= 11 is 0. The van der Waals surface area contributed by atoms with Crippen molar-refractivity contribution in [1.82, 2.24) is 5.32 Å². The zero-order valence-corrected chi connectivity index (χ0v) is 15.6. The average molecular weight is 375 g/mol. The predicted molar refractivity (Wildman–Crippen MR) is 107 cm³/mol. The number of carbonyl (C=O) groups is 2. The second-order valence-electron chi connectivity index (χ2n) is 6.12. The van der Waals surface area contributed by atoms with E-state index in [1.165, 1.54) is 0 Å². The fraction of sp³-hybridized carbons (Fsp3) is 0.130. The summed E-state index contributed by atoms with van der Waals surface area (Å²) in [5.41, 5.74) is 1.37. The molecule has 0 atom stereocenters. The fourth-order valence-corrected chi connectivity index (χ4v) is 2.62. The van der Waals surface area contributed by atoms with Crippen molar-refractivity contribution < 1.29 is 19.1 Å². The van der Waals surface area contributed by atoms with Crippen LogP contribution in [0.1, 0.15) is 15.9 Å². The molecule has 0 saturated carbocycles. The summed E-state index contributed by atoms with van der Waals surface area (Å²) in [5.74, 6) is 0.980. The van der Waals surface area contributed by atoms with Crippen molar-refractivity contribution in [1.29, 1.82) is 0 Å². The number of methoxy groups -OCH3 is 1. The van der Waals surface area contributed by atoms with Gasteiger partial charge in [0, 0.05) is 12.1 Å². The van der Waals surface area contributed by atoms with Gasteiger partial charge in [0.15, 0.2) is 0 Å². The Hall–Kier alpha value is -3.60. The molecule has 0 fully saturated rings. The summed E-state index contributed by atoms with van der Waals surface area (Å²) in [6.07, 6.45) is 0.618. The summed E-state index contributed by atoms with van der Waals surface area (Å²) < 4.78 is 10.8. The molecule has 1 amide bonds. The first-order chi connectivity index (χ1) is 13.7. The maximum atomic E-state index is 12.1. The molecule has 142 valence electrons. The minimum absolute atomic E-state index is 0.334. The Balaban J connectivity index is 1.47. The van der Waals surface area contributed by atoms with Crippen LogP contribution in [0, 0.1) is 0 Å². The molecule has 3 aromatic rings. The van der Waals surface area contributed by atoms with Gasteiger partial charge in [0.2, 0.25) is 5.78 Å². The third-order valence-corrected chi connectivity index (χ3v) is 4.16. The molecule has 28 heavy (non-hydrogen) atoms. The van der Waals surface area contributed by atoms with Crippen LogP contribution in [0.3, 0.4) is 0 Å². The van der Waals surface area contributed by atoms with Crippen LogP contribution in [-0.4, -0.2) is 25.3 Å². The topological polar surface area (TPSA) is 64.6 Å². The minimum atomic E-state index is -0.616. The van der Waals surface area contributed by atoms with Gasteiger partial charge >= 0.3 is 0 Å². The van der Waals surface area contributed by atoms with Gasteiger partial charge in [0.25, 0.3) is 5.91 Å². The smallest absolute Gasteiger partial charge is 0.292 e. The molecule has 0 radical (unpaired) electrons. The van der Waals surface area contributed by atoms with Crippen molar-refractivity contribution in [3.63, 3.8) is 0 Å². The number of ether oxygens (including phenoxy) is 2. The fourth-order valence-electron chi connectivity index (χ4n) is 2.62. The molecule has 1 N–H and O–H groups in total. The Morgan fingerprint density at radius 2 is 1.39 bits per heavy atom. The number of hydrogen-bond acceptors (Lipinski definition) is 4. The van der Waals surface area contributed by atoms with E-state index >= 15 is 0 Å². The Kier molecular flexibility index (Phi) is 6.41. The minimum Gasteiger partial charge on any atom is -0.497 e. The molecule has 3 rings (SSSR count). The van der Waals surface area contributed by atoms with Crippen molar-refractivity contribution in [3.05, 3.63) is 90.0 Å². The van der Waals surface area contributed by atoms with Crippen molar-refractivity contribution in [3.8, 4) is 17.2 Å². The normalized spacial score (nSPS) is 10.2. The average Bonchev–Trinajstić information content (AvgIpc) is 2.75. The van der Waals surface area contributed by atoms with E-state index in [1.807, 2.05) is 54.6 Å². The molecule has 0 unspecified atom stereocenters. The number of rotatable bonds is 8. The highest BCUT2D eigenvalue weighted by Crippen LogP contribution is 2.21. The molecule has 5 heteroatoms. The SMILES string of the molecule is COc1ccc(C(=O)C(=O)NCCc2ccc(Oc3ccccc3)cc2)cc1. The molecule has 0 aromatic heterocycles. The van der Waals surface area contributed by atoms with Crippen molar-refractivity contribution in [2.24, 2.45) is 0 Å². The van der Waals surface area contributed by atoms with Gasteiger partial charge in [-0.25, -0.2) is 0 Å². The molecule has 0 saturated heterocycles. The summed E-state index contributed by atoms with van der Waals surface area (Å²) in [6.45, 7) is 0.375. The Labute approximate surface area is 163 Å². The second-order valence-corrected chi connectivity index (χ2v) is 6.12. The first-order valence-electron chi connectivity index (χ1n) is 8.94. The van der Waals surface area contributed by atoms with E-state index in [0.717, 1.165) is 17.1 Å². The second kappa shape index (κ2) is 9.37. The predicted octanol–water partition coefficient (Wildman–Crippen LogP) is 4.03. The van der Waals surface area contributed by atoms with E-state index in [2.05, 4.69) is 5.32 Å². The van der Waals surface area contributed by atoms with Gasteiger partial charge in [-0.3, -0.25) is 9.59 Å². The van der Waals surface area contributed by atoms with Gasteiger partial charge in [-0.15, -0.1) is 0 Å². The van der Waals surface area contributed by atoms with Gasteiger partial charge in [-0.05, 0) is 60.5 Å². The molecular weight excluding hydrogens is 354 g/mol. The molecular formula is C23H21NO4. The first kappa shape index (κ1) is 19.2. The first-order valence-corrected chi connectivity index (χ1v) is 8.94.